The summed E-state index contributed by atoms with van der Waals surface area (Å²) in [6.07, 6.45) is 1.44. The number of rotatable bonds is 4. The summed E-state index contributed by atoms with van der Waals surface area (Å²) in [6, 6.07) is 12.3. The number of anilines is 1. The maximum absolute atomic E-state index is 12.5. The van der Waals surface area contributed by atoms with Crippen molar-refractivity contribution in [3.8, 4) is 11.5 Å². The molecule has 3 aromatic rings. The Labute approximate surface area is 156 Å². The van der Waals surface area contributed by atoms with Gasteiger partial charge in [-0.25, -0.2) is 4.79 Å². The molecule has 0 aliphatic carbocycles. The third kappa shape index (κ3) is 3.14. The number of ether oxygens (including phenoxy) is 2. The molecule has 6 heteroatoms. The van der Waals surface area contributed by atoms with Gasteiger partial charge in [0.05, 0.1) is 7.11 Å². The summed E-state index contributed by atoms with van der Waals surface area (Å²) in [5.74, 6) is 0.809. The summed E-state index contributed by atoms with van der Waals surface area (Å²) >= 11 is 0. The van der Waals surface area contributed by atoms with Crippen molar-refractivity contribution >= 4 is 28.5 Å². The zero-order valence-electron chi connectivity index (χ0n) is 15.2. The molecular formula is C21H19NO5. The predicted molar refractivity (Wildman–Crippen MR) is 100 cm³/mol. The summed E-state index contributed by atoms with van der Waals surface area (Å²) in [7, 11) is 1.59. The van der Waals surface area contributed by atoms with Gasteiger partial charge in [-0.2, -0.15) is 0 Å². The van der Waals surface area contributed by atoms with Crippen LogP contribution in [0.5, 0.6) is 11.5 Å². The molecule has 0 spiro atoms. The van der Waals surface area contributed by atoms with Crippen molar-refractivity contribution in [2.45, 2.75) is 19.8 Å². The first-order valence-corrected chi connectivity index (χ1v) is 8.76. The number of furan rings is 1. The standard InChI is InChI=1S/C21H19NO5/c1-13-17-12-16(25-2)9-10-18(17)27-20(13)21(24)26-15-7-5-14(6-8-15)22-11-3-4-19(22)23/h5-10,12H,3-4,11H2,1-2H3. The van der Waals surface area contributed by atoms with E-state index in [9.17, 15) is 9.59 Å². The Morgan fingerprint density at radius 2 is 1.85 bits per heavy atom. The number of carbonyl (C=O) groups is 2. The molecule has 0 radical (unpaired) electrons. The number of hydrogen-bond donors (Lipinski definition) is 0. The molecule has 1 amide bonds. The molecule has 0 unspecified atom stereocenters. The maximum Gasteiger partial charge on any atom is 0.379 e. The zero-order valence-corrected chi connectivity index (χ0v) is 15.2. The molecule has 0 saturated carbocycles. The van der Waals surface area contributed by atoms with E-state index in [1.165, 1.54) is 0 Å². The molecule has 0 N–H and O–H groups in total. The highest BCUT2D eigenvalue weighted by atomic mass is 16.5. The molecule has 138 valence electrons. The van der Waals surface area contributed by atoms with E-state index < -0.39 is 5.97 Å². The Hall–Kier alpha value is -3.28. The number of benzene rings is 2. The monoisotopic (exact) mass is 365 g/mol. The van der Waals surface area contributed by atoms with Crippen LogP contribution < -0.4 is 14.4 Å². The van der Waals surface area contributed by atoms with E-state index in [1.807, 2.05) is 13.0 Å². The molecule has 1 aliphatic heterocycles. The SMILES string of the molecule is COc1ccc2oc(C(=O)Oc3ccc(N4CCCC4=O)cc3)c(C)c2c1. The lowest BCUT2D eigenvalue weighted by Crippen LogP contribution is -2.23. The van der Waals surface area contributed by atoms with Crippen LogP contribution in [0.4, 0.5) is 5.69 Å². The first-order chi connectivity index (χ1) is 13.1. The van der Waals surface area contributed by atoms with Gasteiger partial charge in [0.15, 0.2) is 0 Å². The minimum atomic E-state index is -0.562. The number of hydrogen-bond acceptors (Lipinski definition) is 5. The Morgan fingerprint density at radius 3 is 2.52 bits per heavy atom. The fourth-order valence-electron chi connectivity index (χ4n) is 3.29. The van der Waals surface area contributed by atoms with E-state index in [-0.39, 0.29) is 11.7 Å². The zero-order chi connectivity index (χ0) is 19.0. The second-order valence-electron chi connectivity index (χ2n) is 6.45. The second kappa shape index (κ2) is 6.79. The van der Waals surface area contributed by atoms with Crippen molar-refractivity contribution < 1.29 is 23.5 Å². The Balaban J connectivity index is 1.54. The van der Waals surface area contributed by atoms with Crippen LogP contribution in [0.3, 0.4) is 0 Å². The number of methoxy groups -OCH3 is 1. The summed E-state index contributed by atoms with van der Waals surface area (Å²) in [6.45, 7) is 2.53. The average Bonchev–Trinajstić information content (AvgIpc) is 3.25. The smallest absolute Gasteiger partial charge is 0.379 e. The van der Waals surface area contributed by atoms with Crippen molar-refractivity contribution in [2.24, 2.45) is 0 Å². The fourth-order valence-corrected chi connectivity index (χ4v) is 3.29. The van der Waals surface area contributed by atoms with Crippen LogP contribution in [0.25, 0.3) is 11.0 Å². The lowest BCUT2D eigenvalue weighted by atomic mass is 10.1. The minimum Gasteiger partial charge on any atom is -0.497 e. The normalized spacial score (nSPS) is 14.0. The molecule has 27 heavy (non-hydrogen) atoms. The molecule has 1 aliphatic rings. The molecule has 2 aromatic carbocycles. The first-order valence-electron chi connectivity index (χ1n) is 8.76. The van der Waals surface area contributed by atoms with Gasteiger partial charge in [0.25, 0.3) is 0 Å². The fraction of sp³-hybridized carbons (Fsp3) is 0.238. The molecule has 1 saturated heterocycles. The molecule has 1 aromatic heterocycles. The van der Waals surface area contributed by atoms with Gasteiger partial charge in [-0.3, -0.25) is 4.79 Å². The van der Waals surface area contributed by atoms with Gasteiger partial charge in [0, 0.05) is 29.6 Å². The van der Waals surface area contributed by atoms with Crippen molar-refractivity contribution in [2.75, 3.05) is 18.6 Å². The lowest BCUT2D eigenvalue weighted by molar-refractivity contribution is -0.117. The summed E-state index contributed by atoms with van der Waals surface area (Å²) in [5.41, 5.74) is 2.11. The van der Waals surface area contributed by atoms with Gasteiger partial charge in [-0.15, -0.1) is 0 Å². The number of aryl methyl sites for hydroxylation is 1. The van der Waals surface area contributed by atoms with Crippen LogP contribution >= 0.6 is 0 Å². The van der Waals surface area contributed by atoms with E-state index in [0.717, 1.165) is 24.0 Å². The Bertz CT molecular complexity index is 1020. The lowest BCUT2D eigenvalue weighted by Gasteiger charge is -2.15. The largest absolute Gasteiger partial charge is 0.497 e. The van der Waals surface area contributed by atoms with Crippen LogP contribution in [0, 0.1) is 6.92 Å². The third-order valence-corrected chi connectivity index (χ3v) is 4.76. The van der Waals surface area contributed by atoms with Gasteiger partial charge in [-0.1, -0.05) is 0 Å². The second-order valence-corrected chi connectivity index (χ2v) is 6.45. The van der Waals surface area contributed by atoms with Gasteiger partial charge in [0.2, 0.25) is 11.7 Å². The number of nitrogens with zero attached hydrogens (tertiary/aromatic N) is 1. The Kier molecular flexibility index (Phi) is 4.32. The Morgan fingerprint density at radius 1 is 1.11 bits per heavy atom. The van der Waals surface area contributed by atoms with E-state index in [0.29, 0.717) is 29.1 Å². The van der Waals surface area contributed by atoms with Crippen LogP contribution in [0.2, 0.25) is 0 Å². The number of carbonyl (C=O) groups excluding carboxylic acids is 2. The quantitative estimate of drug-likeness (QED) is 0.514. The van der Waals surface area contributed by atoms with E-state index in [1.54, 1.807) is 48.4 Å². The highest BCUT2D eigenvalue weighted by Gasteiger charge is 2.23. The summed E-state index contributed by atoms with van der Waals surface area (Å²) in [5, 5.41) is 0.809. The van der Waals surface area contributed by atoms with Gasteiger partial charge in [-0.05, 0) is 55.8 Å². The molecule has 0 bridgehead atoms. The van der Waals surface area contributed by atoms with Gasteiger partial charge in [0.1, 0.15) is 17.1 Å². The minimum absolute atomic E-state index is 0.119. The highest BCUT2D eigenvalue weighted by molar-refractivity contribution is 5.97. The van der Waals surface area contributed by atoms with Gasteiger partial charge < -0.3 is 18.8 Å². The predicted octanol–water partition coefficient (Wildman–Crippen LogP) is 4.10. The average molecular weight is 365 g/mol. The summed E-state index contributed by atoms with van der Waals surface area (Å²) < 4.78 is 16.3. The van der Waals surface area contributed by atoms with E-state index >= 15 is 0 Å². The van der Waals surface area contributed by atoms with Gasteiger partial charge >= 0.3 is 5.97 Å². The number of fused-ring (bicyclic) bond motifs is 1. The highest BCUT2D eigenvalue weighted by Crippen LogP contribution is 2.30. The number of amides is 1. The molecule has 4 rings (SSSR count). The van der Waals surface area contributed by atoms with Crippen molar-refractivity contribution in [3.63, 3.8) is 0 Å². The molecule has 2 heterocycles. The van der Waals surface area contributed by atoms with Crippen LogP contribution in [-0.2, 0) is 4.79 Å². The van der Waals surface area contributed by atoms with Crippen LogP contribution in [-0.4, -0.2) is 25.5 Å². The third-order valence-electron chi connectivity index (χ3n) is 4.76. The molecule has 6 nitrogen and oxygen atoms in total. The topological polar surface area (TPSA) is 69.0 Å². The van der Waals surface area contributed by atoms with Crippen LogP contribution in [0.1, 0.15) is 29.0 Å². The molecule has 0 atom stereocenters. The summed E-state index contributed by atoms with van der Waals surface area (Å²) in [4.78, 5) is 26.1. The number of esters is 1. The van der Waals surface area contributed by atoms with E-state index in [2.05, 4.69) is 0 Å². The van der Waals surface area contributed by atoms with E-state index in [4.69, 9.17) is 13.9 Å². The van der Waals surface area contributed by atoms with Crippen molar-refractivity contribution in [1.29, 1.82) is 0 Å². The van der Waals surface area contributed by atoms with Crippen molar-refractivity contribution in [3.05, 3.63) is 53.8 Å². The molecule has 1 fully saturated rings. The van der Waals surface area contributed by atoms with Crippen LogP contribution in [0.15, 0.2) is 46.9 Å². The first kappa shape index (κ1) is 17.1. The molecular weight excluding hydrogens is 346 g/mol. The maximum atomic E-state index is 12.5. The van der Waals surface area contributed by atoms with Crippen molar-refractivity contribution in [1.82, 2.24) is 0 Å².